The van der Waals surface area contributed by atoms with Gasteiger partial charge < -0.3 is 10.2 Å². The van der Waals surface area contributed by atoms with Gasteiger partial charge in [-0.2, -0.15) is 0 Å². The molecule has 4 heteroatoms. The topological polar surface area (TPSA) is 45.2 Å². The standard InChI is InChI=1S/C16H25N3O/c1-12(2)9-16(3,4)18-15(20)19-10-14(11-19)13-5-7-17-8-6-13/h5-8,12,14H,9-11H2,1-4H3,(H,18,20). The van der Waals surface area contributed by atoms with E-state index < -0.39 is 0 Å². The molecule has 0 unspecified atom stereocenters. The lowest BCUT2D eigenvalue weighted by Crippen LogP contribution is -2.57. The first-order chi connectivity index (χ1) is 9.37. The molecule has 1 fully saturated rings. The Labute approximate surface area is 121 Å². The number of aromatic nitrogens is 1. The number of pyridine rings is 1. The minimum atomic E-state index is -0.146. The zero-order valence-electron chi connectivity index (χ0n) is 12.9. The second-order valence-corrected chi connectivity index (χ2v) is 6.79. The Morgan fingerprint density at radius 1 is 1.40 bits per heavy atom. The van der Waals surface area contributed by atoms with Crippen molar-refractivity contribution in [2.75, 3.05) is 13.1 Å². The first-order valence-electron chi connectivity index (χ1n) is 7.34. The maximum Gasteiger partial charge on any atom is 0.317 e. The molecule has 0 aliphatic carbocycles. The molecule has 2 amide bonds. The van der Waals surface area contributed by atoms with Gasteiger partial charge in [0, 0.05) is 36.9 Å². The highest BCUT2D eigenvalue weighted by atomic mass is 16.2. The van der Waals surface area contributed by atoms with Crippen molar-refractivity contribution in [2.45, 2.75) is 45.6 Å². The van der Waals surface area contributed by atoms with Crippen molar-refractivity contribution in [1.82, 2.24) is 15.2 Å². The second-order valence-electron chi connectivity index (χ2n) is 6.79. The van der Waals surface area contributed by atoms with Gasteiger partial charge in [0.15, 0.2) is 0 Å². The molecule has 1 aromatic heterocycles. The fraction of sp³-hybridized carbons (Fsp3) is 0.625. The first-order valence-corrected chi connectivity index (χ1v) is 7.34. The monoisotopic (exact) mass is 275 g/mol. The van der Waals surface area contributed by atoms with Crippen molar-refractivity contribution >= 4 is 6.03 Å². The SMILES string of the molecule is CC(C)CC(C)(C)NC(=O)N1CC(c2ccncc2)C1. The number of rotatable bonds is 4. The summed E-state index contributed by atoms with van der Waals surface area (Å²) in [5.74, 6) is 1.03. The summed E-state index contributed by atoms with van der Waals surface area (Å²) in [6, 6.07) is 4.12. The van der Waals surface area contributed by atoms with Crippen LogP contribution in [0.3, 0.4) is 0 Å². The summed E-state index contributed by atoms with van der Waals surface area (Å²) in [5.41, 5.74) is 1.12. The average molecular weight is 275 g/mol. The van der Waals surface area contributed by atoms with Gasteiger partial charge in [-0.05, 0) is 43.9 Å². The van der Waals surface area contributed by atoms with Crippen molar-refractivity contribution < 1.29 is 4.79 Å². The molecule has 0 atom stereocenters. The number of hydrogen-bond acceptors (Lipinski definition) is 2. The third-order valence-electron chi connectivity index (χ3n) is 3.71. The van der Waals surface area contributed by atoms with Gasteiger partial charge in [-0.1, -0.05) is 13.8 Å². The van der Waals surface area contributed by atoms with E-state index in [1.54, 1.807) is 0 Å². The van der Waals surface area contributed by atoms with Gasteiger partial charge >= 0.3 is 6.03 Å². The molecule has 1 aliphatic heterocycles. The molecule has 0 bridgehead atoms. The van der Waals surface area contributed by atoms with Crippen LogP contribution in [0.2, 0.25) is 0 Å². The highest BCUT2D eigenvalue weighted by Crippen LogP contribution is 2.27. The summed E-state index contributed by atoms with van der Waals surface area (Å²) < 4.78 is 0. The normalized spacial score (nSPS) is 16.1. The largest absolute Gasteiger partial charge is 0.333 e. The number of carbonyl (C=O) groups excluding carboxylic acids is 1. The smallest absolute Gasteiger partial charge is 0.317 e. The van der Waals surface area contributed by atoms with Crippen LogP contribution in [0.15, 0.2) is 24.5 Å². The maximum absolute atomic E-state index is 12.2. The molecule has 0 spiro atoms. The third-order valence-corrected chi connectivity index (χ3v) is 3.71. The van der Waals surface area contributed by atoms with Crippen LogP contribution in [0.25, 0.3) is 0 Å². The first kappa shape index (κ1) is 14.8. The van der Waals surface area contributed by atoms with Crippen LogP contribution in [0.4, 0.5) is 4.79 Å². The highest BCUT2D eigenvalue weighted by Gasteiger charge is 2.34. The Morgan fingerprint density at radius 2 is 2.00 bits per heavy atom. The van der Waals surface area contributed by atoms with Gasteiger partial charge in [0.1, 0.15) is 0 Å². The van der Waals surface area contributed by atoms with Crippen molar-refractivity contribution in [2.24, 2.45) is 5.92 Å². The number of urea groups is 1. The van der Waals surface area contributed by atoms with Gasteiger partial charge in [0.05, 0.1) is 0 Å². The quantitative estimate of drug-likeness (QED) is 0.918. The van der Waals surface area contributed by atoms with Gasteiger partial charge in [-0.15, -0.1) is 0 Å². The van der Waals surface area contributed by atoms with Gasteiger partial charge in [-0.3, -0.25) is 4.98 Å². The van der Waals surface area contributed by atoms with E-state index in [2.05, 4.69) is 38.0 Å². The van der Waals surface area contributed by atoms with Crippen LogP contribution in [0.5, 0.6) is 0 Å². The van der Waals surface area contributed by atoms with Gasteiger partial charge in [0.25, 0.3) is 0 Å². The molecule has 1 aliphatic rings. The van der Waals surface area contributed by atoms with E-state index in [-0.39, 0.29) is 11.6 Å². The Kier molecular flexibility index (Phi) is 4.31. The predicted octanol–water partition coefficient (Wildman–Crippen LogP) is 3.02. The number of nitrogens with one attached hydrogen (secondary N) is 1. The van der Waals surface area contributed by atoms with Gasteiger partial charge in [-0.25, -0.2) is 4.79 Å². The molecule has 0 saturated carbocycles. The van der Waals surface area contributed by atoms with Crippen molar-refractivity contribution in [1.29, 1.82) is 0 Å². The predicted molar refractivity (Wildman–Crippen MR) is 80.6 cm³/mol. The van der Waals surface area contributed by atoms with Crippen molar-refractivity contribution in [3.8, 4) is 0 Å². The molecule has 2 rings (SSSR count). The molecule has 110 valence electrons. The fourth-order valence-electron chi connectivity index (χ4n) is 2.93. The Balaban J connectivity index is 1.82. The molecule has 2 heterocycles. The van der Waals surface area contributed by atoms with E-state index in [0.717, 1.165) is 19.5 Å². The number of carbonyl (C=O) groups is 1. The molecule has 0 aromatic carbocycles. The van der Waals surface area contributed by atoms with E-state index in [0.29, 0.717) is 11.8 Å². The number of amides is 2. The molecular formula is C16H25N3O. The van der Waals surface area contributed by atoms with Crippen LogP contribution in [0, 0.1) is 5.92 Å². The zero-order valence-corrected chi connectivity index (χ0v) is 12.9. The zero-order chi connectivity index (χ0) is 14.8. The maximum atomic E-state index is 12.2. The molecule has 4 nitrogen and oxygen atoms in total. The highest BCUT2D eigenvalue weighted by molar-refractivity contribution is 5.76. The van der Waals surface area contributed by atoms with Crippen LogP contribution < -0.4 is 5.32 Å². The van der Waals surface area contributed by atoms with Crippen molar-refractivity contribution in [3.63, 3.8) is 0 Å². The van der Waals surface area contributed by atoms with Crippen LogP contribution in [0.1, 0.15) is 45.6 Å². The second kappa shape index (κ2) is 5.81. The van der Waals surface area contributed by atoms with E-state index in [9.17, 15) is 4.79 Å². The van der Waals surface area contributed by atoms with Crippen LogP contribution in [-0.2, 0) is 0 Å². The number of nitrogens with zero attached hydrogens (tertiary/aromatic N) is 2. The molecular weight excluding hydrogens is 250 g/mol. The minimum Gasteiger partial charge on any atom is -0.333 e. The Hall–Kier alpha value is -1.58. The molecule has 1 aromatic rings. The van der Waals surface area contributed by atoms with Gasteiger partial charge in [0.2, 0.25) is 0 Å². The lowest BCUT2D eigenvalue weighted by Gasteiger charge is -2.41. The van der Waals surface area contributed by atoms with E-state index in [1.807, 2.05) is 29.4 Å². The molecule has 0 radical (unpaired) electrons. The molecule has 1 saturated heterocycles. The Morgan fingerprint density at radius 3 is 2.55 bits per heavy atom. The fourth-order valence-corrected chi connectivity index (χ4v) is 2.93. The average Bonchev–Trinajstić information content (AvgIpc) is 2.25. The summed E-state index contributed by atoms with van der Waals surface area (Å²) in [4.78, 5) is 18.1. The molecule has 1 N–H and O–H groups in total. The number of hydrogen-bond donors (Lipinski definition) is 1. The third kappa shape index (κ3) is 3.71. The lowest BCUT2D eigenvalue weighted by molar-refractivity contribution is 0.140. The number of likely N-dealkylation sites (tertiary alicyclic amines) is 1. The summed E-state index contributed by atoms with van der Waals surface area (Å²) in [6.45, 7) is 10.1. The van der Waals surface area contributed by atoms with E-state index in [4.69, 9.17) is 0 Å². The van der Waals surface area contributed by atoms with E-state index in [1.165, 1.54) is 5.56 Å². The van der Waals surface area contributed by atoms with E-state index >= 15 is 0 Å². The van der Waals surface area contributed by atoms with Crippen LogP contribution in [-0.4, -0.2) is 34.5 Å². The lowest BCUT2D eigenvalue weighted by atomic mass is 9.91. The Bertz CT molecular complexity index is 450. The molecule has 20 heavy (non-hydrogen) atoms. The summed E-state index contributed by atoms with van der Waals surface area (Å²) in [7, 11) is 0. The summed E-state index contributed by atoms with van der Waals surface area (Å²) >= 11 is 0. The summed E-state index contributed by atoms with van der Waals surface area (Å²) in [6.07, 6.45) is 4.61. The van der Waals surface area contributed by atoms with Crippen molar-refractivity contribution in [3.05, 3.63) is 30.1 Å². The summed E-state index contributed by atoms with van der Waals surface area (Å²) in [5, 5.41) is 3.14. The van der Waals surface area contributed by atoms with Crippen LogP contribution >= 0.6 is 0 Å². The minimum absolute atomic E-state index is 0.0564.